The number of amidine groups is 1. The van der Waals surface area contributed by atoms with E-state index in [-0.39, 0.29) is 0 Å². The van der Waals surface area contributed by atoms with Gasteiger partial charge in [-0.1, -0.05) is 43.8 Å². The molecular weight excluding hydrogens is 424 g/mol. The summed E-state index contributed by atoms with van der Waals surface area (Å²) in [6.07, 6.45) is 7.51. The first-order valence-electron chi connectivity index (χ1n) is 13.1. The van der Waals surface area contributed by atoms with Crippen molar-refractivity contribution >= 4 is 17.6 Å². The van der Waals surface area contributed by atoms with Crippen LogP contribution in [0.3, 0.4) is 0 Å². The van der Waals surface area contributed by atoms with E-state index in [9.17, 15) is 0 Å². The van der Waals surface area contributed by atoms with Gasteiger partial charge in [-0.25, -0.2) is 0 Å². The lowest BCUT2D eigenvalue weighted by atomic mass is 9.99. The van der Waals surface area contributed by atoms with Gasteiger partial charge in [-0.05, 0) is 81.2 Å². The van der Waals surface area contributed by atoms with Crippen molar-refractivity contribution in [3.8, 4) is 0 Å². The van der Waals surface area contributed by atoms with Gasteiger partial charge in [0.2, 0.25) is 0 Å². The molecule has 0 saturated carbocycles. The van der Waals surface area contributed by atoms with E-state index in [4.69, 9.17) is 5.41 Å². The van der Waals surface area contributed by atoms with Crippen LogP contribution in [0.15, 0.2) is 33.7 Å². The highest BCUT2D eigenvalue weighted by molar-refractivity contribution is 8.06. The minimum absolute atomic E-state index is 0.348. The summed E-state index contributed by atoms with van der Waals surface area (Å²) in [6, 6.07) is 2.02. The fraction of sp³-hybridized carbons (Fsp3) is 0.750. The maximum absolute atomic E-state index is 8.39. The zero-order valence-electron chi connectivity index (χ0n) is 23.3. The van der Waals surface area contributed by atoms with Crippen LogP contribution in [0, 0.1) is 5.41 Å². The lowest BCUT2D eigenvalue weighted by Gasteiger charge is -2.45. The van der Waals surface area contributed by atoms with Gasteiger partial charge in [-0.15, -0.1) is 0 Å². The first-order chi connectivity index (χ1) is 15.5. The van der Waals surface area contributed by atoms with E-state index in [0.717, 1.165) is 31.8 Å². The van der Waals surface area contributed by atoms with Crippen LogP contribution < -0.4 is 0 Å². The monoisotopic (exact) mass is 476 g/mol. The van der Waals surface area contributed by atoms with Crippen molar-refractivity contribution in [2.75, 3.05) is 20.1 Å². The average Bonchev–Trinajstić information content (AvgIpc) is 2.78. The number of thioether (sulfide) groups is 1. The van der Waals surface area contributed by atoms with Crippen LogP contribution in [-0.4, -0.2) is 64.8 Å². The fourth-order valence-corrected chi connectivity index (χ4v) is 5.93. The number of nitrogens with one attached hydrogen (secondary N) is 1. The van der Waals surface area contributed by atoms with Gasteiger partial charge in [0.15, 0.2) is 0 Å². The summed E-state index contributed by atoms with van der Waals surface area (Å²) in [5, 5.41) is 8.39. The second-order valence-corrected chi connectivity index (χ2v) is 11.0. The van der Waals surface area contributed by atoms with E-state index in [2.05, 4.69) is 96.7 Å². The van der Waals surface area contributed by atoms with Crippen LogP contribution in [0.5, 0.6) is 0 Å². The van der Waals surface area contributed by atoms with Gasteiger partial charge in [0.25, 0.3) is 0 Å². The van der Waals surface area contributed by atoms with Crippen molar-refractivity contribution < 1.29 is 0 Å². The molecule has 4 atom stereocenters. The van der Waals surface area contributed by atoms with Gasteiger partial charge in [0.05, 0.1) is 11.9 Å². The highest BCUT2D eigenvalue weighted by Crippen LogP contribution is 2.42. The molecule has 190 valence electrons. The molecule has 1 N–H and O–H groups in total. The number of hydrogen-bond donors (Lipinski definition) is 1. The number of nitrogens with zero attached hydrogens (tertiary/aromatic N) is 3. The van der Waals surface area contributed by atoms with Crippen molar-refractivity contribution in [1.29, 1.82) is 5.41 Å². The molecule has 0 bridgehead atoms. The quantitative estimate of drug-likeness (QED) is 0.169. The predicted octanol–water partition coefficient (Wildman–Crippen LogP) is 7.50. The molecule has 0 saturated heterocycles. The lowest BCUT2D eigenvalue weighted by Crippen LogP contribution is -2.46. The van der Waals surface area contributed by atoms with Crippen molar-refractivity contribution in [2.45, 2.75) is 119 Å². The third-order valence-corrected chi connectivity index (χ3v) is 8.89. The van der Waals surface area contributed by atoms with E-state index in [1.165, 1.54) is 40.3 Å². The van der Waals surface area contributed by atoms with E-state index in [1.54, 1.807) is 0 Å². The van der Waals surface area contributed by atoms with Crippen molar-refractivity contribution in [3.05, 3.63) is 33.7 Å². The van der Waals surface area contributed by atoms with E-state index < -0.39 is 0 Å². The Morgan fingerprint density at radius 1 is 1.18 bits per heavy atom. The Morgan fingerprint density at radius 2 is 1.79 bits per heavy atom. The standard InChI is InChI=1S/C28H52N4S/c1-12-21(6)30(11)26(13-2)19-22(7)32-23(8)25(10)33-27(24(32)9)17-16-20(5)18-28(29)31(14-3)15-4/h16,21-23,26,29H,10,12-15,17-19H2,1-9,11H3/b20-16+,29-28?. The molecule has 0 aliphatic carbocycles. The zero-order valence-corrected chi connectivity index (χ0v) is 24.1. The van der Waals surface area contributed by atoms with Crippen LogP contribution in [0.4, 0.5) is 0 Å². The molecule has 0 spiro atoms. The second kappa shape index (κ2) is 14.3. The normalized spacial score (nSPS) is 20.3. The molecule has 4 nitrogen and oxygen atoms in total. The third kappa shape index (κ3) is 8.20. The van der Waals surface area contributed by atoms with Crippen LogP contribution in [0.2, 0.25) is 0 Å². The Bertz CT molecular complexity index is 707. The summed E-state index contributed by atoms with van der Waals surface area (Å²) >= 11 is 1.86. The van der Waals surface area contributed by atoms with E-state index in [1.807, 2.05) is 11.8 Å². The summed E-state index contributed by atoms with van der Waals surface area (Å²) in [5.41, 5.74) is 2.68. The molecule has 0 amide bonds. The van der Waals surface area contributed by atoms with Crippen LogP contribution in [0.25, 0.3) is 0 Å². The molecule has 1 heterocycles. The average molecular weight is 477 g/mol. The summed E-state index contributed by atoms with van der Waals surface area (Å²) < 4.78 is 0. The maximum Gasteiger partial charge on any atom is 0.0998 e. The predicted molar refractivity (Wildman–Crippen MR) is 150 cm³/mol. The molecule has 1 aliphatic rings. The van der Waals surface area contributed by atoms with E-state index in [0.29, 0.717) is 24.2 Å². The first kappa shape index (κ1) is 29.8. The molecule has 4 unspecified atom stereocenters. The Labute approximate surface area is 210 Å². The summed E-state index contributed by atoms with van der Waals surface area (Å²) in [4.78, 5) is 9.97. The molecule has 0 aromatic rings. The molecular formula is C28H52N4S. The van der Waals surface area contributed by atoms with Gasteiger partial charge in [-0.3, -0.25) is 5.41 Å². The van der Waals surface area contributed by atoms with E-state index >= 15 is 0 Å². The Kier molecular flexibility index (Phi) is 12.9. The number of allylic oxidation sites excluding steroid dienone is 3. The zero-order chi connectivity index (χ0) is 25.3. The fourth-order valence-electron chi connectivity index (χ4n) is 4.91. The van der Waals surface area contributed by atoms with Gasteiger partial charge in [-0.2, -0.15) is 0 Å². The second-order valence-electron chi connectivity index (χ2n) is 9.78. The van der Waals surface area contributed by atoms with Gasteiger partial charge < -0.3 is 14.7 Å². The Morgan fingerprint density at radius 3 is 2.30 bits per heavy atom. The number of hydrogen-bond acceptors (Lipinski definition) is 4. The summed E-state index contributed by atoms with van der Waals surface area (Å²) in [5.74, 6) is 0.722. The summed E-state index contributed by atoms with van der Waals surface area (Å²) in [7, 11) is 2.29. The molecule has 0 aromatic carbocycles. The topological polar surface area (TPSA) is 33.6 Å². The first-order valence-corrected chi connectivity index (χ1v) is 13.9. The Balaban J connectivity index is 3.01. The molecule has 0 radical (unpaired) electrons. The van der Waals surface area contributed by atoms with Crippen LogP contribution in [0.1, 0.15) is 94.4 Å². The van der Waals surface area contributed by atoms with Crippen molar-refractivity contribution in [2.24, 2.45) is 0 Å². The van der Waals surface area contributed by atoms with Gasteiger partial charge >= 0.3 is 0 Å². The summed E-state index contributed by atoms with van der Waals surface area (Å²) in [6.45, 7) is 26.6. The molecule has 1 rings (SSSR count). The maximum atomic E-state index is 8.39. The molecule has 33 heavy (non-hydrogen) atoms. The van der Waals surface area contributed by atoms with Gasteiger partial charge in [0, 0.05) is 53.1 Å². The van der Waals surface area contributed by atoms with Crippen molar-refractivity contribution in [1.82, 2.24) is 14.7 Å². The third-order valence-electron chi connectivity index (χ3n) is 7.58. The largest absolute Gasteiger partial charge is 0.364 e. The highest BCUT2D eigenvalue weighted by Gasteiger charge is 2.31. The molecule has 0 fully saturated rings. The highest BCUT2D eigenvalue weighted by atomic mass is 32.2. The molecule has 5 heteroatoms. The molecule has 0 aromatic heterocycles. The SMILES string of the molecule is C=C1SC(C/C=C(\C)CC(=N)N(CC)CC)=C(C)N(C(C)CC(CC)N(C)C(C)CC)C1C. The minimum Gasteiger partial charge on any atom is -0.364 e. The minimum atomic E-state index is 0.348. The van der Waals surface area contributed by atoms with Crippen LogP contribution in [-0.2, 0) is 0 Å². The smallest absolute Gasteiger partial charge is 0.0998 e. The number of rotatable bonds is 13. The Hall–Kier alpha value is -1.20. The lowest BCUT2D eigenvalue weighted by molar-refractivity contribution is 0.124. The van der Waals surface area contributed by atoms with Gasteiger partial charge in [0.1, 0.15) is 0 Å². The van der Waals surface area contributed by atoms with Crippen molar-refractivity contribution in [3.63, 3.8) is 0 Å². The molecule has 1 aliphatic heterocycles. The van der Waals surface area contributed by atoms with Crippen LogP contribution >= 0.6 is 11.8 Å².